The van der Waals surface area contributed by atoms with Crippen LogP contribution in [0.5, 0.6) is 0 Å². The number of aliphatic imine (C=N–C) groups is 1. The van der Waals surface area contributed by atoms with Crippen LogP contribution in [0.15, 0.2) is 35.7 Å². The number of rotatable bonds is 10. The number of pyridine rings is 1. The molecule has 2 aromatic heterocycles. The molecule has 0 aromatic carbocycles. The van der Waals surface area contributed by atoms with Crippen molar-refractivity contribution in [1.82, 2.24) is 30.4 Å². The maximum Gasteiger partial charge on any atom is 0.191 e. The Kier molecular flexibility index (Phi) is 8.82. The average Bonchev–Trinajstić information content (AvgIpc) is 3.11. The third-order valence-corrected chi connectivity index (χ3v) is 4.30. The molecule has 0 atom stereocenters. The van der Waals surface area contributed by atoms with E-state index < -0.39 is 0 Å². The lowest BCUT2D eigenvalue weighted by molar-refractivity contribution is 0.631. The Morgan fingerprint density at radius 3 is 2.92 bits per heavy atom. The van der Waals surface area contributed by atoms with Crippen molar-refractivity contribution in [2.45, 2.75) is 32.9 Å². The number of aryl methyl sites for hydroxylation is 1. The molecule has 25 heavy (non-hydrogen) atoms. The average molecular weight is 362 g/mol. The van der Waals surface area contributed by atoms with Gasteiger partial charge in [0.2, 0.25) is 0 Å². The molecule has 8 heteroatoms. The van der Waals surface area contributed by atoms with Crippen LogP contribution in [-0.2, 0) is 19.5 Å². The first-order valence-corrected chi connectivity index (χ1v) is 10.0. The van der Waals surface area contributed by atoms with Crippen molar-refractivity contribution in [2.24, 2.45) is 4.99 Å². The van der Waals surface area contributed by atoms with Crippen LogP contribution in [-0.4, -0.2) is 50.8 Å². The first kappa shape index (κ1) is 19.2. The maximum absolute atomic E-state index is 4.64. The summed E-state index contributed by atoms with van der Waals surface area (Å²) in [5.74, 6) is 2.96. The predicted octanol–water partition coefficient (Wildman–Crippen LogP) is 1.72. The van der Waals surface area contributed by atoms with Gasteiger partial charge in [-0.05, 0) is 30.6 Å². The number of hydrogen-bond donors (Lipinski definition) is 2. The van der Waals surface area contributed by atoms with Gasteiger partial charge in [0.15, 0.2) is 5.96 Å². The first-order chi connectivity index (χ1) is 12.3. The van der Waals surface area contributed by atoms with Crippen molar-refractivity contribution in [3.8, 4) is 0 Å². The second-order valence-corrected chi connectivity index (χ2v) is 6.47. The van der Waals surface area contributed by atoms with Crippen LogP contribution >= 0.6 is 11.8 Å². The molecule has 0 spiro atoms. The van der Waals surface area contributed by atoms with Gasteiger partial charge >= 0.3 is 0 Å². The monoisotopic (exact) mass is 361 g/mol. The highest BCUT2D eigenvalue weighted by Gasteiger charge is 2.03. The van der Waals surface area contributed by atoms with Gasteiger partial charge < -0.3 is 15.2 Å². The van der Waals surface area contributed by atoms with Gasteiger partial charge in [0, 0.05) is 32.3 Å². The summed E-state index contributed by atoms with van der Waals surface area (Å²) < 4.78 is 2.07. The Bertz CT molecular complexity index is 627. The Labute approximate surface area is 153 Å². The molecule has 0 aliphatic heterocycles. The van der Waals surface area contributed by atoms with Gasteiger partial charge in [-0.15, -0.1) is 10.2 Å². The lowest BCUT2D eigenvalue weighted by Crippen LogP contribution is -2.39. The van der Waals surface area contributed by atoms with E-state index in [4.69, 9.17) is 0 Å². The molecule has 2 rings (SSSR count). The summed E-state index contributed by atoms with van der Waals surface area (Å²) in [6.07, 6.45) is 7.68. The molecule has 0 unspecified atom stereocenters. The van der Waals surface area contributed by atoms with E-state index >= 15 is 0 Å². The summed E-state index contributed by atoms with van der Waals surface area (Å²) in [5, 5.41) is 14.8. The van der Waals surface area contributed by atoms with Crippen molar-refractivity contribution < 1.29 is 0 Å². The minimum Gasteiger partial charge on any atom is -0.356 e. The molecule has 0 radical (unpaired) electrons. The quantitative estimate of drug-likeness (QED) is 0.381. The molecule has 0 fully saturated rings. The number of aromatic nitrogens is 4. The molecule has 136 valence electrons. The molecule has 0 aliphatic rings. The van der Waals surface area contributed by atoms with Crippen LogP contribution in [0.3, 0.4) is 0 Å². The largest absolute Gasteiger partial charge is 0.356 e. The number of hydrogen-bond acceptors (Lipinski definition) is 5. The third-order valence-electron chi connectivity index (χ3n) is 3.60. The van der Waals surface area contributed by atoms with Gasteiger partial charge in [-0.2, -0.15) is 11.8 Å². The summed E-state index contributed by atoms with van der Waals surface area (Å²) >= 11 is 1.86. The molecular formula is C17H27N7S. The van der Waals surface area contributed by atoms with Crippen LogP contribution < -0.4 is 10.6 Å². The van der Waals surface area contributed by atoms with Gasteiger partial charge in [0.25, 0.3) is 0 Å². The SMILES string of the molecule is CCc1nncn1CCNC(=NCc1ccccn1)NCCCSC. The van der Waals surface area contributed by atoms with Gasteiger partial charge in [-0.25, -0.2) is 4.99 Å². The van der Waals surface area contributed by atoms with Crippen molar-refractivity contribution in [1.29, 1.82) is 0 Å². The van der Waals surface area contributed by atoms with Gasteiger partial charge in [-0.1, -0.05) is 13.0 Å². The summed E-state index contributed by atoms with van der Waals surface area (Å²) in [5.41, 5.74) is 0.958. The molecule has 2 aromatic rings. The summed E-state index contributed by atoms with van der Waals surface area (Å²) in [6.45, 7) is 5.13. The Morgan fingerprint density at radius 2 is 2.16 bits per heavy atom. The lowest BCUT2D eigenvalue weighted by Gasteiger charge is -2.13. The highest BCUT2D eigenvalue weighted by Crippen LogP contribution is 1.97. The van der Waals surface area contributed by atoms with Crippen LogP contribution in [0.1, 0.15) is 24.9 Å². The van der Waals surface area contributed by atoms with Gasteiger partial charge in [0.1, 0.15) is 12.2 Å². The van der Waals surface area contributed by atoms with E-state index in [0.717, 1.165) is 55.7 Å². The molecule has 7 nitrogen and oxygen atoms in total. The number of thioether (sulfide) groups is 1. The predicted molar refractivity (Wildman–Crippen MR) is 104 cm³/mol. The Morgan fingerprint density at radius 1 is 1.28 bits per heavy atom. The van der Waals surface area contributed by atoms with E-state index in [-0.39, 0.29) is 0 Å². The minimum atomic E-state index is 0.561. The molecule has 0 aliphatic carbocycles. The molecule has 2 heterocycles. The lowest BCUT2D eigenvalue weighted by atomic mass is 10.3. The number of guanidine groups is 1. The van der Waals surface area contributed by atoms with Gasteiger partial charge in [0.05, 0.1) is 12.2 Å². The van der Waals surface area contributed by atoms with Crippen LogP contribution in [0.2, 0.25) is 0 Å². The molecule has 0 saturated carbocycles. The first-order valence-electron chi connectivity index (χ1n) is 8.61. The highest BCUT2D eigenvalue weighted by atomic mass is 32.2. The second-order valence-electron chi connectivity index (χ2n) is 5.48. The molecule has 0 bridgehead atoms. The zero-order valence-electron chi connectivity index (χ0n) is 15.0. The van der Waals surface area contributed by atoms with Crippen molar-refractivity contribution >= 4 is 17.7 Å². The fourth-order valence-electron chi connectivity index (χ4n) is 2.28. The zero-order valence-corrected chi connectivity index (χ0v) is 15.8. The smallest absolute Gasteiger partial charge is 0.191 e. The summed E-state index contributed by atoms with van der Waals surface area (Å²) in [6, 6.07) is 5.88. The second kappa shape index (κ2) is 11.5. The standard InChI is InChI=1S/C17H27N7S/c1-3-16-23-22-14-24(16)11-10-20-17(19-9-6-12-25-2)21-13-15-7-4-5-8-18-15/h4-5,7-8,14H,3,6,9-13H2,1-2H3,(H2,19,20,21). The highest BCUT2D eigenvalue weighted by molar-refractivity contribution is 7.98. The zero-order chi connectivity index (χ0) is 17.7. The molecular weight excluding hydrogens is 334 g/mol. The Balaban J connectivity index is 1.86. The van der Waals surface area contributed by atoms with E-state index in [0.29, 0.717) is 6.54 Å². The summed E-state index contributed by atoms with van der Waals surface area (Å²) in [4.78, 5) is 8.96. The fraction of sp³-hybridized carbons (Fsp3) is 0.529. The minimum absolute atomic E-state index is 0.561. The fourth-order valence-corrected chi connectivity index (χ4v) is 2.72. The van der Waals surface area contributed by atoms with Gasteiger partial charge in [-0.3, -0.25) is 4.98 Å². The van der Waals surface area contributed by atoms with E-state index in [1.165, 1.54) is 0 Å². The molecule has 0 saturated heterocycles. The summed E-state index contributed by atoms with van der Waals surface area (Å²) in [7, 11) is 0. The van der Waals surface area contributed by atoms with E-state index in [1.807, 2.05) is 30.0 Å². The maximum atomic E-state index is 4.64. The molecule has 0 amide bonds. The topological polar surface area (TPSA) is 80.0 Å². The van der Waals surface area contributed by atoms with Crippen molar-refractivity contribution in [3.05, 3.63) is 42.2 Å². The number of nitrogens with one attached hydrogen (secondary N) is 2. The van der Waals surface area contributed by atoms with Crippen molar-refractivity contribution in [2.75, 3.05) is 25.1 Å². The van der Waals surface area contributed by atoms with Crippen molar-refractivity contribution in [3.63, 3.8) is 0 Å². The normalized spacial score (nSPS) is 11.5. The Hall–Kier alpha value is -2.09. The number of nitrogens with zero attached hydrogens (tertiary/aromatic N) is 5. The van der Waals surface area contributed by atoms with Crippen LogP contribution in [0.4, 0.5) is 0 Å². The molecule has 2 N–H and O–H groups in total. The van der Waals surface area contributed by atoms with E-state index in [1.54, 1.807) is 12.5 Å². The van der Waals surface area contributed by atoms with E-state index in [2.05, 4.69) is 48.6 Å². The third kappa shape index (κ3) is 7.13. The van der Waals surface area contributed by atoms with Crippen LogP contribution in [0.25, 0.3) is 0 Å². The van der Waals surface area contributed by atoms with E-state index in [9.17, 15) is 0 Å². The van der Waals surface area contributed by atoms with Crippen LogP contribution in [0, 0.1) is 0 Å².